The monoisotopic (exact) mass is 355 g/mol. The first-order valence-corrected chi connectivity index (χ1v) is 8.37. The molecule has 0 heterocycles. The number of anilines is 2. The number of nitrogens with two attached hydrogens (primary N) is 1. The quantitative estimate of drug-likeness (QED) is 0.570. The van der Waals surface area contributed by atoms with Crippen molar-refractivity contribution in [3.63, 3.8) is 0 Å². The zero-order valence-electron chi connectivity index (χ0n) is 15.1. The van der Waals surface area contributed by atoms with Crippen LogP contribution in [0.4, 0.5) is 16.2 Å². The molecule has 138 valence electrons. The standard InChI is InChI=1S/C19H25N5O2/c1-24(2)12-11-21-19(26)22-13-14-7-9-15(10-8-14)18(25)23-17-6-4-3-5-16(17)20/h3-10H,11-13,20H2,1-2H3,(H,23,25)(H2,21,22,26). The Kier molecular flexibility index (Phi) is 6.99. The number of likely N-dealkylation sites (N-methyl/N-ethyl adjacent to an activating group) is 1. The zero-order valence-corrected chi connectivity index (χ0v) is 15.1. The van der Waals surface area contributed by atoms with Crippen LogP contribution < -0.4 is 21.7 Å². The van der Waals surface area contributed by atoms with Crippen molar-refractivity contribution in [3.05, 3.63) is 59.7 Å². The lowest BCUT2D eigenvalue weighted by atomic mass is 10.1. The zero-order chi connectivity index (χ0) is 18.9. The Labute approximate surface area is 153 Å². The van der Waals surface area contributed by atoms with E-state index in [2.05, 4.69) is 16.0 Å². The summed E-state index contributed by atoms with van der Waals surface area (Å²) < 4.78 is 0. The number of hydrogen-bond acceptors (Lipinski definition) is 4. The number of nitrogen functional groups attached to an aromatic ring is 1. The molecule has 7 heteroatoms. The summed E-state index contributed by atoms with van der Waals surface area (Å²) in [6, 6.07) is 13.9. The van der Waals surface area contributed by atoms with Crippen LogP contribution in [-0.4, -0.2) is 44.0 Å². The Bertz CT molecular complexity index is 744. The van der Waals surface area contributed by atoms with Gasteiger partial charge in [-0.3, -0.25) is 4.79 Å². The second-order valence-corrected chi connectivity index (χ2v) is 6.15. The van der Waals surface area contributed by atoms with Gasteiger partial charge in [-0.1, -0.05) is 24.3 Å². The van der Waals surface area contributed by atoms with Gasteiger partial charge in [0.25, 0.3) is 5.91 Å². The molecule has 26 heavy (non-hydrogen) atoms. The van der Waals surface area contributed by atoms with Crippen molar-refractivity contribution >= 4 is 23.3 Å². The number of carbonyl (C=O) groups is 2. The van der Waals surface area contributed by atoms with E-state index in [-0.39, 0.29) is 11.9 Å². The number of hydrogen-bond donors (Lipinski definition) is 4. The van der Waals surface area contributed by atoms with Gasteiger partial charge in [0.2, 0.25) is 0 Å². The number of rotatable bonds is 7. The number of carbonyl (C=O) groups excluding carboxylic acids is 2. The van der Waals surface area contributed by atoms with Gasteiger partial charge in [0.05, 0.1) is 11.4 Å². The molecule has 2 rings (SSSR count). The maximum atomic E-state index is 12.3. The van der Waals surface area contributed by atoms with Crippen molar-refractivity contribution in [2.45, 2.75) is 6.54 Å². The molecule has 3 amide bonds. The van der Waals surface area contributed by atoms with Crippen LogP contribution in [0.2, 0.25) is 0 Å². The largest absolute Gasteiger partial charge is 0.397 e. The molecule has 0 saturated heterocycles. The molecule has 0 saturated carbocycles. The van der Waals surface area contributed by atoms with Crippen LogP contribution in [-0.2, 0) is 6.54 Å². The molecule has 2 aromatic rings. The molecule has 0 unspecified atom stereocenters. The van der Waals surface area contributed by atoms with Gasteiger partial charge in [-0.25, -0.2) is 4.79 Å². The molecule has 0 atom stereocenters. The predicted octanol–water partition coefficient (Wildman–Crippen LogP) is 1.88. The van der Waals surface area contributed by atoms with Crippen LogP contribution in [0.15, 0.2) is 48.5 Å². The molecule has 0 aliphatic heterocycles. The minimum Gasteiger partial charge on any atom is -0.397 e. The number of nitrogens with zero attached hydrogens (tertiary/aromatic N) is 1. The highest BCUT2D eigenvalue weighted by Crippen LogP contribution is 2.18. The Morgan fingerprint density at radius 3 is 2.35 bits per heavy atom. The fraction of sp³-hybridized carbons (Fsp3) is 0.263. The average Bonchev–Trinajstić information content (AvgIpc) is 2.62. The van der Waals surface area contributed by atoms with E-state index in [1.807, 2.05) is 43.3 Å². The minimum atomic E-state index is -0.233. The van der Waals surface area contributed by atoms with Gasteiger partial charge < -0.3 is 26.6 Å². The van der Waals surface area contributed by atoms with Crippen LogP contribution >= 0.6 is 0 Å². The highest BCUT2D eigenvalue weighted by Gasteiger charge is 2.08. The molecule has 0 bridgehead atoms. The van der Waals surface area contributed by atoms with Gasteiger partial charge in [0.15, 0.2) is 0 Å². The molecule has 0 spiro atoms. The Morgan fingerprint density at radius 1 is 1.00 bits per heavy atom. The van der Waals surface area contributed by atoms with Gasteiger partial charge >= 0.3 is 6.03 Å². The van der Waals surface area contributed by atoms with E-state index in [1.54, 1.807) is 24.3 Å². The number of para-hydroxylation sites is 2. The highest BCUT2D eigenvalue weighted by atomic mass is 16.2. The summed E-state index contributed by atoms with van der Waals surface area (Å²) in [5, 5.41) is 8.34. The molecular formula is C19H25N5O2. The van der Waals surface area contributed by atoms with Crippen LogP contribution in [0, 0.1) is 0 Å². The summed E-state index contributed by atoms with van der Waals surface area (Å²) in [7, 11) is 3.90. The predicted molar refractivity (Wildman–Crippen MR) is 104 cm³/mol. The number of amides is 3. The second kappa shape index (κ2) is 9.43. The van der Waals surface area contributed by atoms with Crippen molar-refractivity contribution < 1.29 is 9.59 Å². The van der Waals surface area contributed by atoms with Crippen molar-refractivity contribution in [3.8, 4) is 0 Å². The molecular weight excluding hydrogens is 330 g/mol. The Balaban J connectivity index is 1.83. The molecule has 2 aromatic carbocycles. The van der Waals surface area contributed by atoms with Gasteiger partial charge in [-0.2, -0.15) is 0 Å². The maximum Gasteiger partial charge on any atom is 0.315 e. The van der Waals surface area contributed by atoms with E-state index in [1.165, 1.54) is 0 Å². The third kappa shape index (κ3) is 6.10. The number of urea groups is 1. The van der Waals surface area contributed by atoms with Gasteiger partial charge in [0.1, 0.15) is 0 Å². The normalized spacial score (nSPS) is 10.4. The molecule has 5 N–H and O–H groups in total. The van der Waals surface area contributed by atoms with Gasteiger partial charge in [0, 0.05) is 25.2 Å². The van der Waals surface area contributed by atoms with E-state index in [9.17, 15) is 9.59 Å². The SMILES string of the molecule is CN(C)CCNC(=O)NCc1ccc(C(=O)Nc2ccccc2N)cc1. The summed E-state index contributed by atoms with van der Waals surface area (Å²) >= 11 is 0. The van der Waals surface area contributed by atoms with Crippen molar-refractivity contribution in [1.82, 2.24) is 15.5 Å². The van der Waals surface area contributed by atoms with Gasteiger partial charge in [-0.15, -0.1) is 0 Å². The topological polar surface area (TPSA) is 99.5 Å². The van der Waals surface area contributed by atoms with Crippen molar-refractivity contribution in [2.24, 2.45) is 0 Å². The van der Waals surface area contributed by atoms with Crippen LogP contribution in [0.5, 0.6) is 0 Å². The Morgan fingerprint density at radius 2 is 1.69 bits per heavy atom. The Hall–Kier alpha value is -3.06. The summed E-state index contributed by atoms with van der Waals surface area (Å²) in [4.78, 5) is 26.0. The summed E-state index contributed by atoms with van der Waals surface area (Å²) in [5.74, 6) is -0.233. The minimum absolute atomic E-state index is 0.215. The van der Waals surface area contributed by atoms with Crippen LogP contribution in [0.25, 0.3) is 0 Å². The van der Waals surface area contributed by atoms with E-state index in [0.29, 0.717) is 30.0 Å². The lowest BCUT2D eigenvalue weighted by Gasteiger charge is -2.11. The highest BCUT2D eigenvalue weighted by molar-refractivity contribution is 6.05. The summed E-state index contributed by atoms with van der Waals surface area (Å²) in [5.41, 5.74) is 8.35. The molecule has 0 aliphatic rings. The van der Waals surface area contributed by atoms with Crippen LogP contribution in [0.1, 0.15) is 15.9 Å². The summed E-state index contributed by atoms with van der Waals surface area (Å²) in [6.45, 7) is 1.76. The fourth-order valence-corrected chi connectivity index (χ4v) is 2.22. The molecule has 0 aliphatic carbocycles. The smallest absolute Gasteiger partial charge is 0.315 e. The van der Waals surface area contributed by atoms with E-state index < -0.39 is 0 Å². The van der Waals surface area contributed by atoms with Crippen molar-refractivity contribution in [1.29, 1.82) is 0 Å². The third-order valence-electron chi connectivity index (χ3n) is 3.72. The lowest BCUT2D eigenvalue weighted by molar-refractivity contribution is 0.102. The van der Waals surface area contributed by atoms with Crippen LogP contribution in [0.3, 0.4) is 0 Å². The fourth-order valence-electron chi connectivity index (χ4n) is 2.22. The van der Waals surface area contributed by atoms with E-state index >= 15 is 0 Å². The molecule has 0 fully saturated rings. The lowest BCUT2D eigenvalue weighted by Crippen LogP contribution is -2.38. The average molecular weight is 355 g/mol. The van der Waals surface area contributed by atoms with E-state index in [4.69, 9.17) is 5.73 Å². The first-order chi connectivity index (χ1) is 12.5. The first-order valence-electron chi connectivity index (χ1n) is 8.37. The molecule has 7 nitrogen and oxygen atoms in total. The molecule has 0 radical (unpaired) electrons. The maximum absolute atomic E-state index is 12.3. The first kappa shape index (κ1) is 19.3. The molecule has 0 aromatic heterocycles. The van der Waals surface area contributed by atoms with E-state index in [0.717, 1.165) is 12.1 Å². The number of benzene rings is 2. The second-order valence-electron chi connectivity index (χ2n) is 6.15. The van der Waals surface area contributed by atoms with Gasteiger partial charge in [-0.05, 0) is 43.9 Å². The number of nitrogens with one attached hydrogen (secondary N) is 3. The van der Waals surface area contributed by atoms with Crippen molar-refractivity contribution in [2.75, 3.05) is 38.2 Å². The summed E-state index contributed by atoms with van der Waals surface area (Å²) in [6.07, 6.45) is 0. The third-order valence-corrected chi connectivity index (χ3v) is 3.72.